The number of carbonyl (C=O) groups excluding carboxylic acids is 3. The molecule has 2 atom stereocenters. The summed E-state index contributed by atoms with van der Waals surface area (Å²) >= 11 is 0. The highest BCUT2D eigenvalue weighted by Gasteiger charge is 2.43. The van der Waals surface area contributed by atoms with Crippen molar-refractivity contribution in [3.05, 3.63) is 39.7 Å². The van der Waals surface area contributed by atoms with Crippen LogP contribution in [0.4, 0.5) is 0 Å². The molecule has 200 valence electrons. The summed E-state index contributed by atoms with van der Waals surface area (Å²) in [5, 5.41) is 16.6. The average Bonchev–Trinajstić information content (AvgIpc) is 2.89. The Morgan fingerprint density at radius 3 is 2.73 bits per heavy atom. The minimum Gasteiger partial charge on any atom is -0.483 e. The molecule has 3 N–H and O–H groups in total. The van der Waals surface area contributed by atoms with E-state index in [1.807, 2.05) is 6.92 Å². The lowest BCUT2D eigenvalue weighted by molar-refractivity contribution is -0.143. The number of ether oxygens (including phenoxy) is 1. The summed E-state index contributed by atoms with van der Waals surface area (Å²) in [5.74, 6) is -0.688. The molecule has 0 bridgehead atoms. The van der Waals surface area contributed by atoms with Gasteiger partial charge in [0.25, 0.3) is 5.91 Å². The van der Waals surface area contributed by atoms with Gasteiger partial charge in [-0.05, 0) is 50.3 Å². The van der Waals surface area contributed by atoms with E-state index in [1.165, 1.54) is 6.07 Å². The summed E-state index contributed by atoms with van der Waals surface area (Å²) < 4.78 is 10.9. The van der Waals surface area contributed by atoms with Crippen LogP contribution in [0.25, 0.3) is 11.0 Å². The molecule has 1 aliphatic carbocycles. The number of hydrogen-bond acceptors (Lipinski definition) is 7. The van der Waals surface area contributed by atoms with E-state index >= 15 is 0 Å². The Balaban J connectivity index is 1.21. The molecule has 0 radical (unpaired) electrons. The molecular formula is C27H35N3O7. The quantitative estimate of drug-likeness (QED) is 0.454. The number of likely N-dealkylation sites (tertiary alicyclic amines) is 1. The molecule has 37 heavy (non-hydrogen) atoms. The monoisotopic (exact) mass is 513 g/mol. The van der Waals surface area contributed by atoms with Gasteiger partial charge in [-0.15, -0.1) is 0 Å². The van der Waals surface area contributed by atoms with Crippen LogP contribution in [-0.4, -0.2) is 66.1 Å². The van der Waals surface area contributed by atoms with E-state index in [0.29, 0.717) is 42.8 Å². The second kappa shape index (κ2) is 11.3. The molecule has 1 aromatic carbocycles. The molecule has 10 heteroatoms. The van der Waals surface area contributed by atoms with Gasteiger partial charge in [-0.3, -0.25) is 14.4 Å². The molecule has 10 nitrogen and oxygen atoms in total. The van der Waals surface area contributed by atoms with Gasteiger partial charge in [-0.2, -0.15) is 0 Å². The molecule has 1 aromatic heterocycles. The molecular weight excluding hydrogens is 478 g/mol. The Morgan fingerprint density at radius 1 is 1.16 bits per heavy atom. The first-order chi connectivity index (χ1) is 17.7. The van der Waals surface area contributed by atoms with Crippen molar-refractivity contribution in [3.63, 3.8) is 0 Å². The Hall–Kier alpha value is -3.40. The maximum atomic E-state index is 12.6. The van der Waals surface area contributed by atoms with Gasteiger partial charge in [0.1, 0.15) is 11.3 Å². The van der Waals surface area contributed by atoms with Crippen LogP contribution in [0.5, 0.6) is 5.75 Å². The Morgan fingerprint density at radius 2 is 1.95 bits per heavy atom. The van der Waals surface area contributed by atoms with Crippen molar-refractivity contribution in [3.8, 4) is 5.75 Å². The van der Waals surface area contributed by atoms with Crippen LogP contribution in [0, 0.1) is 12.8 Å². The van der Waals surface area contributed by atoms with Gasteiger partial charge in [0.15, 0.2) is 6.61 Å². The summed E-state index contributed by atoms with van der Waals surface area (Å²) in [6.07, 6.45) is 5.03. The van der Waals surface area contributed by atoms with Crippen LogP contribution >= 0.6 is 0 Å². The van der Waals surface area contributed by atoms with Gasteiger partial charge in [0.2, 0.25) is 11.8 Å². The summed E-state index contributed by atoms with van der Waals surface area (Å²) in [4.78, 5) is 50.5. The zero-order chi connectivity index (χ0) is 26.6. The lowest BCUT2D eigenvalue weighted by Crippen LogP contribution is -2.56. The van der Waals surface area contributed by atoms with Crippen molar-refractivity contribution in [2.75, 3.05) is 32.8 Å². The molecule has 2 aliphatic rings. The first-order valence-corrected chi connectivity index (χ1v) is 12.9. The van der Waals surface area contributed by atoms with Crippen LogP contribution in [0.2, 0.25) is 0 Å². The number of carbonyl (C=O) groups is 3. The van der Waals surface area contributed by atoms with E-state index in [2.05, 4.69) is 10.6 Å². The lowest BCUT2D eigenvalue weighted by atomic mass is 9.71. The molecule has 2 fully saturated rings. The summed E-state index contributed by atoms with van der Waals surface area (Å²) in [7, 11) is 0. The van der Waals surface area contributed by atoms with Gasteiger partial charge < -0.3 is 29.8 Å². The third kappa shape index (κ3) is 6.12. The summed E-state index contributed by atoms with van der Waals surface area (Å²) in [5.41, 5.74) is 0.801. The van der Waals surface area contributed by atoms with E-state index in [-0.39, 0.29) is 31.5 Å². The molecule has 3 amide bonds. The fourth-order valence-corrected chi connectivity index (χ4v) is 5.38. The zero-order valence-electron chi connectivity index (χ0n) is 21.4. The molecule has 1 saturated heterocycles. The Bertz CT molecular complexity index is 1240. The number of rotatable bonds is 8. The smallest absolute Gasteiger partial charge is 0.336 e. The highest BCUT2D eigenvalue weighted by Crippen LogP contribution is 2.39. The predicted molar refractivity (Wildman–Crippen MR) is 136 cm³/mol. The number of amides is 3. The minimum absolute atomic E-state index is 0.0879. The second-order valence-electron chi connectivity index (χ2n) is 9.99. The maximum absolute atomic E-state index is 12.6. The normalized spacial score (nSPS) is 21.3. The van der Waals surface area contributed by atoms with E-state index in [1.54, 1.807) is 24.0 Å². The van der Waals surface area contributed by atoms with Crippen LogP contribution in [0.3, 0.4) is 0 Å². The molecule has 1 saturated carbocycles. The summed E-state index contributed by atoms with van der Waals surface area (Å²) in [6.45, 7) is 3.92. The highest BCUT2D eigenvalue weighted by atomic mass is 16.5. The van der Waals surface area contributed by atoms with Gasteiger partial charge >= 0.3 is 5.63 Å². The minimum atomic E-state index is -0.664. The third-order valence-electron chi connectivity index (χ3n) is 7.60. The number of aliphatic hydroxyl groups is 1. The summed E-state index contributed by atoms with van der Waals surface area (Å²) in [6, 6.07) is 4.98. The van der Waals surface area contributed by atoms with Gasteiger partial charge in [-0.25, -0.2) is 4.79 Å². The van der Waals surface area contributed by atoms with Crippen LogP contribution in [0.15, 0.2) is 27.4 Å². The van der Waals surface area contributed by atoms with Crippen molar-refractivity contribution in [1.82, 2.24) is 15.5 Å². The number of fused-ring (bicyclic) bond motifs is 2. The van der Waals surface area contributed by atoms with Gasteiger partial charge in [0, 0.05) is 36.0 Å². The Labute approximate surface area is 215 Å². The number of aryl methyl sites for hydroxylation is 2. The number of hydrogen-bond donors (Lipinski definition) is 3. The van der Waals surface area contributed by atoms with E-state index < -0.39 is 23.0 Å². The van der Waals surface area contributed by atoms with Crippen LogP contribution < -0.4 is 21.0 Å². The van der Waals surface area contributed by atoms with Crippen LogP contribution in [0.1, 0.15) is 50.2 Å². The van der Waals surface area contributed by atoms with Crippen molar-refractivity contribution in [2.24, 2.45) is 5.92 Å². The fourth-order valence-electron chi connectivity index (χ4n) is 5.38. The standard InChI is InChI=1S/C27H35N3O7/c1-3-18-12-25(34)37-26-17(2)21(8-7-20(18)26)36-16-23(32)28-13-22(31)29-14-24(33)30-11-10-27(35)9-5-4-6-19(27)15-30/h7-8,12,19,35H,3-6,9-11,13-16H2,1-2H3,(H,28,32)(H,29,31). The molecule has 2 aromatic rings. The molecule has 2 unspecified atom stereocenters. The molecule has 2 heterocycles. The fraction of sp³-hybridized carbons (Fsp3) is 0.556. The van der Waals surface area contributed by atoms with Gasteiger partial charge in [-0.1, -0.05) is 19.8 Å². The topological polar surface area (TPSA) is 138 Å². The average molecular weight is 514 g/mol. The SMILES string of the molecule is CCc1cc(=O)oc2c(C)c(OCC(=O)NCC(=O)NCC(=O)N3CCC4(O)CCCCC4C3)ccc12. The van der Waals surface area contributed by atoms with Crippen molar-refractivity contribution in [2.45, 2.75) is 58.0 Å². The highest BCUT2D eigenvalue weighted by molar-refractivity contribution is 5.89. The van der Waals surface area contributed by atoms with E-state index in [4.69, 9.17) is 9.15 Å². The molecule has 0 spiro atoms. The predicted octanol–water partition coefficient (Wildman–Crippen LogP) is 1.43. The third-order valence-corrected chi connectivity index (χ3v) is 7.60. The number of nitrogens with zero attached hydrogens (tertiary/aromatic N) is 1. The van der Waals surface area contributed by atoms with Crippen molar-refractivity contribution < 1.29 is 28.6 Å². The van der Waals surface area contributed by atoms with Crippen molar-refractivity contribution in [1.29, 1.82) is 0 Å². The zero-order valence-corrected chi connectivity index (χ0v) is 21.4. The molecule has 4 rings (SSSR count). The second-order valence-corrected chi connectivity index (χ2v) is 9.99. The first kappa shape index (κ1) is 26.7. The molecule has 1 aliphatic heterocycles. The lowest BCUT2D eigenvalue weighted by Gasteiger charge is -2.47. The van der Waals surface area contributed by atoms with Crippen LogP contribution in [-0.2, 0) is 20.8 Å². The first-order valence-electron chi connectivity index (χ1n) is 12.9. The van der Waals surface area contributed by atoms with E-state index in [9.17, 15) is 24.3 Å². The number of piperidine rings is 1. The van der Waals surface area contributed by atoms with Gasteiger partial charge in [0.05, 0.1) is 18.7 Å². The number of benzene rings is 1. The number of nitrogens with one attached hydrogen (secondary N) is 2. The maximum Gasteiger partial charge on any atom is 0.336 e. The largest absolute Gasteiger partial charge is 0.483 e. The Kier molecular flexibility index (Phi) is 8.16. The van der Waals surface area contributed by atoms with Crippen molar-refractivity contribution >= 4 is 28.7 Å². The van der Waals surface area contributed by atoms with E-state index in [0.717, 1.165) is 36.6 Å².